The molecular formula is C19H23N5O4S. The number of fused-ring (bicyclic) bond motifs is 3. The smallest absolute Gasteiger partial charge is 0.354 e. The number of hydrogen-bond acceptors (Lipinski definition) is 5. The molecule has 1 aromatic heterocycles. The van der Waals surface area contributed by atoms with Crippen molar-refractivity contribution < 1.29 is 18.8 Å². The molecule has 1 aromatic carbocycles. The Balaban J connectivity index is 1.47. The number of anilines is 1. The lowest BCUT2D eigenvalue weighted by Gasteiger charge is -2.15. The maximum atomic E-state index is 13.0. The van der Waals surface area contributed by atoms with E-state index < -0.39 is 15.9 Å². The van der Waals surface area contributed by atoms with Crippen LogP contribution in [0.1, 0.15) is 41.1 Å². The summed E-state index contributed by atoms with van der Waals surface area (Å²) in [7, 11) is -3.55. The average Bonchev–Trinajstić information content (AvgIpc) is 3.43. The summed E-state index contributed by atoms with van der Waals surface area (Å²) in [4.78, 5) is 12.8. The molecule has 0 saturated heterocycles. The number of carbonyl (C=O) groups is 1. The first-order valence-electron chi connectivity index (χ1n) is 9.81. The molecule has 0 spiro atoms. The topological polar surface area (TPSA) is 132 Å². The molecule has 29 heavy (non-hydrogen) atoms. The Bertz CT molecular complexity index is 1100. The van der Waals surface area contributed by atoms with Crippen molar-refractivity contribution in [3.05, 3.63) is 34.5 Å². The van der Waals surface area contributed by atoms with Crippen molar-refractivity contribution in [1.29, 1.82) is 0 Å². The number of aliphatic hydroxyl groups is 1. The third-order valence-corrected chi connectivity index (χ3v) is 7.27. The molecule has 0 fully saturated rings. The molecule has 10 heteroatoms. The summed E-state index contributed by atoms with van der Waals surface area (Å²) in [5.74, 6) is 0.189. The second-order valence-corrected chi connectivity index (χ2v) is 9.49. The minimum Gasteiger partial charge on any atom is -0.475 e. The molecule has 2 amide bonds. The molecule has 154 valence electrons. The minimum atomic E-state index is -3.55. The fourth-order valence-electron chi connectivity index (χ4n) is 4.58. The second kappa shape index (κ2) is 6.82. The molecule has 2 aromatic rings. The van der Waals surface area contributed by atoms with E-state index in [4.69, 9.17) is 9.88 Å². The Hall–Kier alpha value is -2.43. The molecular weight excluding hydrogens is 394 g/mol. The molecule has 9 nitrogen and oxygen atoms in total. The first-order valence-corrected chi connectivity index (χ1v) is 11.4. The summed E-state index contributed by atoms with van der Waals surface area (Å²) in [6, 6.07) is 1.18. The number of ether oxygens (including phenoxy) is 1. The summed E-state index contributed by atoms with van der Waals surface area (Å²) in [6.45, 7) is 0.0401. The number of nitrogens with two attached hydrogens (primary N) is 1. The number of rotatable bonds is 3. The minimum absolute atomic E-state index is 0.0621. The lowest BCUT2D eigenvalue weighted by atomic mass is 9.99. The zero-order valence-electron chi connectivity index (χ0n) is 15.9. The van der Waals surface area contributed by atoms with Crippen LogP contribution in [-0.2, 0) is 35.6 Å². The van der Waals surface area contributed by atoms with Crippen LogP contribution in [-0.4, -0.2) is 38.3 Å². The van der Waals surface area contributed by atoms with Gasteiger partial charge in [-0.05, 0) is 60.8 Å². The molecule has 3 aliphatic rings. The van der Waals surface area contributed by atoms with E-state index in [2.05, 4.69) is 20.8 Å². The Morgan fingerprint density at radius 2 is 2.00 bits per heavy atom. The highest BCUT2D eigenvalue weighted by atomic mass is 32.2. The van der Waals surface area contributed by atoms with Crippen LogP contribution >= 0.6 is 0 Å². The SMILES string of the molecule is N[S@@](=O)(=NC(=O)Nc1c2c(cc3c1CCC3)CCC2)c1cnn2c1OC[C@H]2CO. The van der Waals surface area contributed by atoms with Gasteiger partial charge in [-0.3, -0.25) is 0 Å². The highest BCUT2D eigenvalue weighted by Gasteiger charge is 2.31. The van der Waals surface area contributed by atoms with Gasteiger partial charge < -0.3 is 15.2 Å². The number of aryl methyl sites for hydroxylation is 2. The van der Waals surface area contributed by atoms with Crippen LogP contribution < -0.4 is 15.2 Å². The first-order chi connectivity index (χ1) is 14.0. The molecule has 2 heterocycles. The van der Waals surface area contributed by atoms with Gasteiger partial charge in [0.05, 0.1) is 12.8 Å². The number of aromatic nitrogens is 2. The molecule has 0 radical (unpaired) electrons. The van der Waals surface area contributed by atoms with Crippen LogP contribution in [0.3, 0.4) is 0 Å². The number of benzene rings is 1. The lowest BCUT2D eigenvalue weighted by molar-refractivity contribution is 0.206. The molecule has 0 unspecified atom stereocenters. The predicted octanol–water partition coefficient (Wildman–Crippen LogP) is 1.72. The Morgan fingerprint density at radius 3 is 2.66 bits per heavy atom. The lowest BCUT2D eigenvalue weighted by Crippen LogP contribution is -2.19. The van der Waals surface area contributed by atoms with E-state index in [1.165, 1.54) is 33.1 Å². The van der Waals surface area contributed by atoms with E-state index in [-0.39, 0.29) is 30.0 Å². The van der Waals surface area contributed by atoms with Crippen molar-refractivity contribution in [3.8, 4) is 5.88 Å². The van der Waals surface area contributed by atoms with E-state index in [9.17, 15) is 14.1 Å². The number of amides is 2. The molecule has 0 saturated carbocycles. The van der Waals surface area contributed by atoms with Crippen molar-refractivity contribution in [2.24, 2.45) is 9.50 Å². The fourth-order valence-corrected chi connectivity index (χ4v) is 5.57. The van der Waals surface area contributed by atoms with Gasteiger partial charge in [-0.25, -0.2) is 18.8 Å². The van der Waals surface area contributed by atoms with Crippen molar-refractivity contribution >= 4 is 21.6 Å². The number of nitrogens with zero attached hydrogens (tertiary/aromatic N) is 3. The second-order valence-electron chi connectivity index (χ2n) is 7.73. The van der Waals surface area contributed by atoms with Crippen LogP contribution in [0.4, 0.5) is 10.5 Å². The van der Waals surface area contributed by atoms with Gasteiger partial charge in [0.2, 0.25) is 5.88 Å². The van der Waals surface area contributed by atoms with E-state index in [0.29, 0.717) is 0 Å². The first kappa shape index (κ1) is 18.6. The third kappa shape index (κ3) is 3.02. The van der Waals surface area contributed by atoms with Crippen LogP contribution in [0, 0.1) is 0 Å². The van der Waals surface area contributed by atoms with E-state index in [1.807, 2.05) is 0 Å². The van der Waals surface area contributed by atoms with Gasteiger partial charge in [-0.15, -0.1) is 4.36 Å². The maximum absolute atomic E-state index is 13.0. The van der Waals surface area contributed by atoms with Crippen LogP contribution in [0.25, 0.3) is 0 Å². The third-order valence-electron chi connectivity index (χ3n) is 5.93. The van der Waals surface area contributed by atoms with E-state index in [1.54, 1.807) is 0 Å². The fraction of sp³-hybridized carbons (Fsp3) is 0.474. The Morgan fingerprint density at radius 1 is 1.31 bits per heavy atom. The average molecular weight is 417 g/mol. The summed E-state index contributed by atoms with van der Waals surface area (Å²) in [5.41, 5.74) is 5.73. The Labute approximate surface area is 168 Å². The van der Waals surface area contributed by atoms with E-state index in [0.717, 1.165) is 44.2 Å². The summed E-state index contributed by atoms with van der Waals surface area (Å²) in [6.07, 6.45) is 7.29. The number of urea groups is 1. The summed E-state index contributed by atoms with van der Waals surface area (Å²) in [5, 5.41) is 22.2. The molecule has 2 aliphatic carbocycles. The molecule has 2 atom stereocenters. The zero-order chi connectivity index (χ0) is 20.2. The molecule has 5 rings (SSSR count). The maximum Gasteiger partial charge on any atom is 0.354 e. The van der Waals surface area contributed by atoms with Crippen LogP contribution in [0.15, 0.2) is 21.5 Å². The van der Waals surface area contributed by atoms with Crippen LogP contribution in [0.2, 0.25) is 0 Å². The number of nitrogens with one attached hydrogen (secondary N) is 1. The van der Waals surface area contributed by atoms with Gasteiger partial charge in [-0.1, -0.05) is 6.07 Å². The number of hydrogen-bond donors (Lipinski definition) is 3. The van der Waals surface area contributed by atoms with Gasteiger partial charge >= 0.3 is 6.03 Å². The van der Waals surface area contributed by atoms with Crippen molar-refractivity contribution in [2.75, 3.05) is 18.5 Å². The zero-order valence-corrected chi connectivity index (χ0v) is 16.7. The molecule has 1 aliphatic heterocycles. The standard InChI is InChI=1S/C19H23N5O4S/c20-29(27,16-8-21-24-13(9-25)10-28-18(16)24)23-19(26)22-17-14-5-1-3-11(14)7-12-4-2-6-15(12)17/h7-8,13,25H,1-6,9-10H2,(H3,20,22,23,26,27)/t13-,29-/m1/s1. The highest BCUT2D eigenvalue weighted by Crippen LogP contribution is 2.39. The van der Waals surface area contributed by atoms with Crippen molar-refractivity contribution in [1.82, 2.24) is 9.78 Å². The number of carbonyl (C=O) groups excluding carboxylic acids is 1. The monoisotopic (exact) mass is 417 g/mol. The van der Waals surface area contributed by atoms with E-state index >= 15 is 0 Å². The van der Waals surface area contributed by atoms with Gasteiger partial charge in [0.15, 0.2) is 9.92 Å². The summed E-state index contributed by atoms with van der Waals surface area (Å²) >= 11 is 0. The Kier molecular flexibility index (Phi) is 4.37. The van der Waals surface area contributed by atoms with Crippen LogP contribution in [0.5, 0.6) is 5.88 Å². The highest BCUT2D eigenvalue weighted by molar-refractivity contribution is 7.91. The number of aliphatic hydroxyl groups excluding tert-OH is 1. The van der Waals surface area contributed by atoms with Gasteiger partial charge in [0.1, 0.15) is 17.5 Å². The largest absolute Gasteiger partial charge is 0.475 e. The normalized spacial score (nSPS) is 21.1. The molecule has 0 bridgehead atoms. The van der Waals surface area contributed by atoms with Crippen molar-refractivity contribution in [3.63, 3.8) is 0 Å². The quantitative estimate of drug-likeness (QED) is 0.700. The van der Waals surface area contributed by atoms with Crippen molar-refractivity contribution in [2.45, 2.75) is 49.5 Å². The van der Waals surface area contributed by atoms with Gasteiger partial charge in [0.25, 0.3) is 0 Å². The summed E-state index contributed by atoms with van der Waals surface area (Å²) < 4.78 is 23.7. The predicted molar refractivity (Wildman–Crippen MR) is 106 cm³/mol. The van der Waals surface area contributed by atoms with Gasteiger partial charge in [0, 0.05) is 5.69 Å². The van der Waals surface area contributed by atoms with Gasteiger partial charge in [-0.2, -0.15) is 5.10 Å². The molecule has 4 N–H and O–H groups in total.